The van der Waals surface area contributed by atoms with Crippen LogP contribution in [0.1, 0.15) is 194 Å². The first-order valence-electron chi connectivity index (χ1n) is 22.9. The topological polar surface area (TPSA) is 119 Å². The van der Waals surface area contributed by atoms with Crippen molar-refractivity contribution in [3.63, 3.8) is 0 Å². The monoisotopic (exact) mass is 831 g/mol. The summed E-state index contributed by atoms with van der Waals surface area (Å²) in [5, 5.41) is 0. The van der Waals surface area contributed by atoms with Crippen molar-refractivity contribution < 1.29 is 37.9 Å². The molecule has 0 aromatic carbocycles. The number of phosphoric acid groups is 1. The number of rotatable bonds is 41. The molecular weight excluding hydrogens is 748 g/mol. The molecule has 1 atom stereocenters. The number of hydrogen-bond donors (Lipinski definition) is 2. The van der Waals surface area contributed by atoms with Gasteiger partial charge in [0, 0.05) is 12.8 Å². The molecule has 0 saturated heterocycles. The molecule has 0 saturated carbocycles. The summed E-state index contributed by atoms with van der Waals surface area (Å²) in [4.78, 5) is 42.9. The smallest absolute Gasteiger partial charge is 0.462 e. The second-order valence-electron chi connectivity index (χ2n) is 15.0. The van der Waals surface area contributed by atoms with Gasteiger partial charge in [-0.3, -0.25) is 14.1 Å². The van der Waals surface area contributed by atoms with Gasteiger partial charge in [0.1, 0.15) is 6.61 Å². The Bertz CT molecular complexity index is 1210. The van der Waals surface area contributed by atoms with Crippen LogP contribution in [0.15, 0.2) is 85.1 Å². The van der Waals surface area contributed by atoms with Crippen LogP contribution < -0.4 is 0 Å². The Kier molecular flexibility index (Phi) is 41.7. The number of hydrogen-bond acceptors (Lipinski definition) is 6. The summed E-state index contributed by atoms with van der Waals surface area (Å²) in [6, 6.07) is 0. The molecule has 0 heterocycles. The molecule has 0 aliphatic carbocycles. The second-order valence-corrected chi connectivity index (χ2v) is 16.2. The summed E-state index contributed by atoms with van der Waals surface area (Å²) in [6.07, 6.45) is 59.0. The molecule has 0 spiro atoms. The molecular formula is C49H83O8P. The van der Waals surface area contributed by atoms with Crippen LogP contribution in [-0.4, -0.2) is 41.0 Å². The zero-order valence-corrected chi connectivity index (χ0v) is 37.6. The van der Waals surface area contributed by atoms with E-state index in [9.17, 15) is 14.2 Å². The van der Waals surface area contributed by atoms with E-state index in [2.05, 4.69) is 97.4 Å². The van der Waals surface area contributed by atoms with Crippen LogP contribution in [0.5, 0.6) is 0 Å². The van der Waals surface area contributed by atoms with Crippen molar-refractivity contribution >= 4 is 19.8 Å². The first-order chi connectivity index (χ1) is 28.3. The molecule has 0 radical (unpaired) electrons. The van der Waals surface area contributed by atoms with Gasteiger partial charge in [-0.15, -0.1) is 0 Å². The summed E-state index contributed by atoms with van der Waals surface area (Å²) >= 11 is 0. The van der Waals surface area contributed by atoms with Gasteiger partial charge in [0.05, 0.1) is 6.61 Å². The minimum atomic E-state index is -4.78. The van der Waals surface area contributed by atoms with Crippen molar-refractivity contribution in [2.75, 3.05) is 13.2 Å². The van der Waals surface area contributed by atoms with Gasteiger partial charge in [-0.25, -0.2) is 4.57 Å². The van der Waals surface area contributed by atoms with Crippen molar-refractivity contribution in [2.24, 2.45) is 0 Å². The zero-order valence-electron chi connectivity index (χ0n) is 36.7. The highest BCUT2D eigenvalue weighted by Crippen LogP contribution is 2.36. The van der Waals surface area contributed by atoms with Crippen molar-refractivity contribution in [3.05, 3.63) is 85.1 Å². The minimum Gasteiger partial charge on any atom is -0.462 e. The first kappa shape index (κ1) is 55.2. The van der Waals surface area contributed by atoms with E-state index < -0.39 is 32.5 Å². The molecule has 332 valence electrons. The molecule has 0 aliphatic heterocycles. The lowest BCUT2D eigenvalue weighted by atomic mass is 10.0. The lowest BCUT2D eigenvalue weighted by Crippen LogP contribution is -2.29. The lowest BCUT2D eigenvalue weighted by molar-refractivity contribution is -0.161. The van der Waals surface area contributed by atoms with Crippen LogP contribution in [0, 0.1) is 0 Å². The fourth-order valence-electron chi connectivity index (χ4n) is 6.02. The summed E-state index contributed by atoms with van der Waals surface area (Å²) in [6.45, 7) is 3.50. The van der Waals surface area contributed by atoms with Crippen molar-refractivity contribution in [2.45, 2.75) is 200 Å². The maximum absolute atomic E-state index is 12.4. The number of esters is 2. The van der Waals surface area contributed by atoms with Gasteiger partial charge >= 0.3 is 19.8 Å². The average Bonchev–Trinajstić information content (AvgIpc) is 3.20. The fourth-order valence-corrected chi connectivity index (χ4v) is 6.38. The summed E-state index contributed by atoms with van der Waals surface area (Å²) in [5.74, 6) is -1.01. The van der Waals surface area contributed by atoms with E-state index in [1.54, 1.807) is 0 Å². The molecule has 0 aliphatic rings. The molecule has 58 heavy (non-hydrogen) atoms. The Morgan fingerprint density at radius 2 is 0.845 bits per heavy atom. The molecule has 9 heteroatoms. The molecule has 0 aromatic rings. The standard InChI is InChI=1S/C49H83O8P/c1-3-5-7-9-11-13-15-17-19-21-22-23-24-25-26-28-30-32-34-36-38-40-42-44-49(51)57-47(46-56-58(52,53)54)45-55-48(50)43-41-39-37-35-33-31-29-27-20-18-16-14-12-10-8-6-4-2/h6,8,12,14,18,20,28-31,35-38,47H,3-5,7,9-11,13,15-17,19,21-27,32-34,39-46H2,1-2H3,(H2,52,53,54)/b8-6+,14-12+,20-18+,30-28+,31-29+,37-35+,38-36+/t47-/m1/s1. The maximum Gasteiger partial charge on any atom is 0.469 e. The minimum absolute atomic E-state index is 0.136. The van der Waals surface area contributed by atoms with Crippen LogP contribution in [0.2, 0.25) is 0 Å². The van der Waals surface area contributed by atoms with Crippen LogP contribution in [0.3, 0.4) is 0 Å². The number of unbranched alkanes of at least 4 members (excludes halogenated alkanes) is 17. The third kappa shape index (κ3) is 45.9. The first-order valence-corrected chi connectivity index (χ1v) is 24.4. The highest BCUT2D eigenvalue weighted by Gasteiger charge is 2.22. The van der Waals surface area contributed by atoms with Crippen molar-refractivity contribution in [1.82, 2.24) is 0 Å². The van der Waals surface area contributed by atoms with E-state index in [1.165, 1.54) is 89.9 Å². The third-order valence-corrected chi connectivity index (χ3v) is 9.86. The Morgan fingerprint density at radius 1 is 0.466 bits per heavy atom. The second kappa shape index (κ2) is 43.8. The number of phosphoric ester groups is 1. The summed E-state index contributed by atoms with van der Waals surface area (Å²) in [5.41, 5.74) is 0. The van der Waals surface area contributed by atoms with Gasteiger partial charge in [-0.1, -0.05) is 182 Å². The molecule has 0 fully saturated rings. The maximum atomic E-state index is 12.4. The van der Waals surface area contributed by atoms with Crippen molar-refractivity contribution in [1.29, 1.82) is 0 Å². The normalized spacial score (nSPS) is 13.2. The average molecular weight is 831 g/mol. The molecule has 0 unspecified atom stereocenters. The van der Waals surface area contributed by atoms with Gasteiger partial charge in [-0.05, 0) is 83.5 Å². The summed E-state index contributed by atoms with van der Waals surface area (Å²) < 4.78 is 26.3. The molecule has 0 amide bonds. The van der Waals surface area contributed by atoms with Crippen LogP contribution in [-0.2, 0) is 28.2 Å². The van der Waals surface area contributed by atoms with E-state index in [4.69, 9.17) is 19.3 Å². The van der Waals surface area contributed by atoms with Gasteiger partial charge in [-0.2, -0.15) is 0 Å². The fraction of sp³-hybridized carbons (Fsp3) is 0.673. The van der Waals surface area contributed by atoms with Gasteiger partial charge in [0.25, 0.3) is 0 Å². The number of carbonyl (C=O) groups excluding carboxylic acids is 2. The Morgan fingerprint density at radius 3 is 1.31 bits per heavy atom. The third-order valence-electron chi connectivity index (χ3n) is 9.38. The van der Waals surface area contributed by atoms with Crippen molar-refractivity contribution in [3.8, 4) is 0 Å². The molecule has 0 bridgehead atoms. The van der Waals surface area contributed by atoms with Gasteiger partial charge < -0.3 is 19.3 Å². The molecule has 0 aromatic heterocycles. The summed E-state index contributed by atoms with van der Waals surface area (Å²) in [7, 11) is -4.78. The lowest BCUT2D eigenvalue weighted by Gasteiger charge is -2.18. The predicted molar refractivity (Wildman–Crippen MR) is 243 cm³/mol. The van der Waals surface area contributed by atoms with Crippen LogP contribution in [0.25, 0.3) is 0 Å². The number of allylic oxidation sites excluding steroid dienone is 14. The zero-order chi connectivity index (χ0) is 42.5. The van der Waals surface area contributed by atoms with E-state index in [0.717, 1.165) is 51.4 Å². The Labute approximate surface area is 354 Å². The molecule has 2 N–H and O–H groups in total. The van der Waals surface area contributed by atoms with Gasteiger partial charge in [0.15, 0.2) is 6.10 Å². The predicted octanol–water partition coefficient (Wildman–Crippen LogP) is 14.4. The van der Waals surface area contributed by atoms with Crippen LogP contribution in [0.4, 0.5) is 0 Å². The van der Waals surface area contributed by atoms with E-state index in [1.807, 2.05) is 6.08 Å². The SMILES string of the molecule is CC/C=C/C/C=C/C/C=C/C/C=C/C/C=C/CCCC(=O)OC[C@H](COP(=O)(O)O)OC(=O)CCC/C=C/CC/C=C/CCCCCCCCCCCCCCCC. The van der Waals surface area contributed by atoms with E-state index in [-0.39, 0.29) is 19.4 Å². The van der Waals surface area contributed by atoms with E-state index >= 15 is 0 Å². The highest BCUT2D eigenvalue weighted by molar-refractivity contribution is 7.46. The molecule has 0 rings (SSSR count). The van der Waals surface area contributed by atoms with Crippen LogP contribution >= 0.6 is 7.82 Å². The number of carbonyl (C=O) groups is 2. The largest absolute Gasteiger partial charge is 0.469 e. The van der Waals surface area contributed by atoms with Gasteiger partial charge in [0.2, 0.25) is 0 Å². The highest BCUT2D eigenvalue weighted by atomic mass is 31.2. The molecule has 8 nitrogen and oxygen atoms in total. The van der Waals surface area contributed by atoms with E-state index in [0.29, 0.717) is 25.7 Å². The Hall–Kier alpha value is -2.77. The quantitative estimate of drug-likeness (QED) is 0.0271. The Balaban J connectivity index is 4.01. The number of ether oxygens (including phenoxy) is 2.